The quantitative estimate of drug-likeness (QED) is 0.643. The van der Waals surface area contributed by atoms with E-state index in [-0.39, 0.29) is 42.4 Å². The van der Waals surface area contributed by atoms with Gasteiger partial charge in [-0.3, -0.25) is 4.79 Å². The molecular weight excluding hydrogens is 323 g/mol. The molecule has 1 aromatic carbocycles. The molecule has 1 unspecified atom stereocenters. The molecule has 0 spiro atoms. The number of benzene rings is 1. The SMILES string of the molecule is C=CCCC(=O)NC1CC(C)(C)Oc2ccc(N)cc21.Cl.Cl. The maximum absolute atomic E-state index is 11.9. The molecule has 0 aliphatic carbocycles. The van der Waals surface area contributed by atoms with Gasteiger partial charge in [0.25, 0.3) is 0 Å². The van der Waals surface area contributed by atoms with Crippen LogP contribution in [-0.2, 0) is 4.79 Å². The first-order valence-electron chi connectivity index (χ1n) is 6.90. The molecule has 6 heteroatoms. The van der Waals surface area contributed by atoms with Gasteiger partial charge in [-0.1, -0.05) is 6.08 Å². The Kier molecular flexibility index (Phi) is 7.77. The summed E-state index contributed by atoms with van der Waals surface area (Å²) >= 11 is 0. The highest BCUT2D eigenvalue weighted by Crippen LogP contribution is 2.40. The number of anilines is 1. The van der Waals surface area contributed by atoms with E-state index in [1.165, 1.54) is 0 Å². The molecule has 0 saturated heterocycles. The number of ether oxygens (including phenoxy) is 1. The first-order chi connectivity index (χ1) is 9.41. The summed E-state index contributed by atoms with van der Waals surface area (Å²) in [5.74, 6) is 0.824. The van der Waals surface area contributed by atoms with Crippen LogP contribution >= 0.6 is 24.8 Å². The summed E-state index contributed by atoms with van der Waals surface area (Å²) in [7, 11) is 0. The van der Waals surface area contributed by atoms with Crippen molar-refractivity contribution in [3.8, 4) is 5.75 Å². The number of allylic oxidation sites excluding steroid dienone is 1. The number of nitrogens with one attached hydrogen (secondary N) is 1. The van der Waals surface area contributed by atoms with Crippen LogP contribution in [0.5, 0.6) is 5.75 Å². The lowest BCUT2D eigenvalue weighted by molar-refractivity contribution is -0.122. The van der Waals surface area contributed by atoms with Crippen molar-refractivity contribution in [1.82, 2.24) is 5.32 Å². The number of rotatable bonds is 4. The van der Waals surface area contributed by atoms with Crippen molar-refractivity contribution in [2.24, 2.45) is 0 Å². The van der Waals surface area contributed by atoms with Crippen molar-refractivity contribution in [3.63, 3.8) is 0 Å². The Hall–Kier alpha value is -1.39. The standard InChI is InChI=1S/C16H22N2O2.2ClH/c1-4-5-6-15(19)18-13-10-16(2,3)20-14-8-7-11(17)9-12(13)14;;/h4,7-9,13H,1,5-6,10,17H2,2-3H3,(H,18,19);2*1H. The topological polar surface area (TPSA) is 64.3 Å². The molecule has 0 bridgehead atoms. The third-order valence-electron chi connectivity index (χ3n) is 3.40. The van der Waals surface area contributed by atoms with Crippen LogP contribution in [0.15, 0.2) is 30.9 Å². The van der Waals surface area contributed by atoms with Crippen molar-refractivity contribution in [1.29, 1.82) is 0 Å². The van der Waals surface area contributed by atoms with Crippen molar-refractivity contribution >= 4 is 36.4 Å². The Labute approximate surface area is 144 Å². The van der Waals surface area contributed by atoms with Crippen LogP contribution in [0, 0.1) is 0 Å². The van der Waals surface area contributed by atoms with E-state index in [1.807, 2.05) is 32.0 Å². The second-order valence-corrected chi connectivity index (χ2v) is 5.81. The summed E-state index contributed by atoms with van der Waals surface area (Å²) in [6.45, 7) is 7.68. The highest BCUT2D eigenvalue weighted by molar-refractivity contribution is 5.85. The molecule has 4 nitrogen and oxygen atoms in total. The highest BCUT2D eigenvalue weighted by Gasteiger charge is 2.34. The number of amides is 1. The van der Waals surface area contributed by atoms with E-state index < -0.39 is 0 Å². The van der Waals surface area contributed by atoms with Crippen molar-refractivity contribution in [3.05, 3.63) is 36.4 Å². The van der Waals surface area contributed by atoms with Gasteiger partial charge in [0.1, 0.15) is 11.4 Å². The normalized spacial score (nSPS) is 17.8. The molecule has 1 atom stereocenters. The molecule has 0 saturated carbocycles. The van der Waals surface area contributed by atoms with Gasteiger partial charge in [-0.15, -0.1) is 31.4 Å². The van der Waals surface area contributed by atoms with Gasteiger partial charge < -0.3 is 15.8 Å². The number of hydrogen-bond donors (Lipinski definition) is 2. The molecule has 3 N–H and O–H groups in total. The van der Waals surface area contributed by atoms with Gasteiger partial charge in [-0.25, -0.2) is 0 Å². The Bertz CT molecular complexity index is 533. The predicted octanol–water partition coefficient (Wildman–Crippen LogP) is 3.80. The van der Waals surface area contributed by atoms with Crippen LogP contribution < -0.4 is 15.8 Å². The van der Waals surface area contributed by atoms with Crippen LogP contribution in [0.1, 0.15) is 44.7 Å². The molecule has 1 amide bonds. The average molecular weight is 347 g/mol. The van der Waals surface area contributed by atoms with Crippen molar-refractivity contribution in [2.45, 2.75) is 44.8 Å². The fourth-order valence-electron chi connectivity index (χ4n) is 2.50. The number of carbonyl (C=O) groups excluding carboxylic acids is 1. The minimum Gasteiger partial charge on any atom is -0.487 e. The number of carbonyl (C=O) groups is 1. The number of nitrogens with two attached hydrogens (primary N) is 1. The molecule has 2 rings (SSSR count). The highest BCUT2D eigenvalue weighted by atomic mass is 35.5. The zero-order chi connectivity index (χ0) is 14.8. The Morgan fingerprint density at radius 2 is 2.18 bits per heavy atom. The van der Waals surface area contributed by atoms with Gasteiger partial charge >= 0.3 is 0 Å². The molecule has 0 aromatic heterocycles. The fraction of sp³-hybridized carbons (Fsp3) is 0.438. The molecule has 1 aliphatic heterocycles. The smallest absolute Gasteiger partial charge is 0.220 e. The van der Waals surface area contributed by atoms with Gasteiger partial charge in [-0.05, 0) is 38.5 Å². The Balaban J connectivity index is 0.00000220. The Morgan fingerprint density at radius 1 is 1.50 bits per heavy atom. The molecule has 0 radical (unpaired) electrons. The summed E-state index contributed by atoms with van der Waals surface area (Å²) in [4.78, 5) is 11.9. The third kappa shape index (κ3) is 5.11. The van der Waals surface area contributed by atoms with E-state index in [1.54, 1.807) is 6.08 Å². The minimum absolute atomic E-state index is 0. The first-order valence-corrected chi connectivity index (χ1v) is 6.90. The molecular formula is C16H24Cl2N2O2. The summed E-state index contributed by atoms with van der Waals surface area (Å²) in [5, 5.41) is 3.07. The number of halogens is 2. The molecule has 124 valence electrons. The van der Waals surface area contributed by atoms with E-state index in [0.717, 1.165) is 17.7 Å². The largest absolute Gasteiger partial charge is 0.487 e. The van der Waals surface area contributed by atoms with Gasteiger partial charge in [0.2, 0.25) is 5.91 Å². The van der Waals surface area contributed by atoms with Crippen LogP contribution in [0.25, 0.3) is 0 Å². The van der Waals surface area contributed by atoms with E-state index in [9.17, 15) is 4.79 Å². The second-order valence-electron chi connectivity index (χ2n) is 5.81. The monoisotopic (exact) mass is 346 g/mol. The number of hydrogen-bond acceptors (Lipinski definition) is 3. The summed E-state index contributed by atoms with van der Waals surface area (Å²) in [6, 6.07) is 5.50. The van der Waals surface area contributed by atoms with Crippen molar-refractivity contribution < 1.29 is 9.53 Å². The molecule has 1 aromatic rings. The molecule has 22 heavy (non-hydrogen) atoms. The summed E-state index contributed by atoms with van der Waals surface area (Å²) in [5.41, 5.74) is 7.17. The second kappa shape index (κ2) is 8.30. The third-order valence-corrected chi connectivity index (χ3v) is 3.40. The van der Waals surface area contributed by atoms with Crippen LogP contribution in [0.4, 0.5) is 5.69 Å². The molecule has 0 fully saturated rings. The van der Waals surface area contributed by atoms with E-state index in [4.69, 9.17) is 10.5 Å². The van der Waals surface area contributed by atoms with Crippen molar-refractivity contribution in [2.75, 3.05) is 5.73 Å². The summed E-state index contributed by atoms with van der Waals surface area (Å²) < 4.78 is 5.94. The maximum Gasteiger partial charge on any atom is 0.220 e. The fourth-order valence-corrected chi connectivity index (χ4v) is 2.50. The van der Waals surface area contributed by atoms with E-state index >= 15 is 0 Å². The van der Waals surface area contributed by atoms with Crippen LogP contribution in [-0.4, -0.2) is 11.5 Å². The zero-order valence-electron chi connectivity index (χ0n) is 12.9. The predicted molar refractivity (Wildman–Crippen MR) is 95.0 cm³/mol. The number of nitrogen functional groups attached to an aromatic ring is 1. The van der Waals surface area contributed by atoms with Gasteiger partial charge in [0.05, 0.1) is 6.04 Å². The molecule has 1 heterocycles. The van der Waals surface area contributed by atoms with Crippen LogP contribution in [0.3, 0.4) is 0 Å². The minimum atomic E-state index is -0.306. The van der Waals surface area contributed by atoms with Gasteiger partial charge in [0, 0.05) is 24.1 Å². The summed E-state index contributed by atoms with van der Waals surface area (Å²) in [6.07, 6.45) is 3.61. The van der Waals surface area contributed by atoms with E-state index in [2.05, 4.69) is 11.9 Å². The molecule has 1 aliphatic rings. The maximum atomic E-state index is 11.9. The van der Waals surface area contributed by atoms with Gasteiger partial charge in [0.15, 0.2) is 0 Å². The van der Waals surface area contributed by atoms with Gasteiger partial charge in [-0.2, -0.15) is 0 Å². The average Bonchev–Trinajstić information content (AvgIpc) is 2.36. The lowest BCUT2D eigenvalue weighted by Crippen LogP contribution is -2.41. The zero-order valence-corrected chi connectivity index (χ0v) is 14.6. The lowest BCUT2D eigenvalue weighted by Gasteiger charge is -2.38. The first kappa shape index (κ1) is 20.6. The Morgan fingerprint density at radius 3 is 2.82 bits per heavy atom. The number of fused-ring (bicyclic) bond motifs is 1. The lowest BCUT2D eigenvalue weighted by atomic mass is 9.89. The van der Waals surface area contributed by atoms with Crippen LogP contribution in [0.2, 0.25) is 0 Å². The van der Waals surface area contributed by atoms with E-state index in [0.29, 0.717) is 18.5 Å².